The number of nitrogens with zero attached hydrogens (tertiary/aromatic N) is 2. The zero-order valence-electron chi connectivity index (χ0n) is 15.0. The maximum absolute atomic E-state index is 12.2. The first kappa shape index (κ1) is 17.2. The van der Waals surface area contributed by atoms with E-state index in [0.717, 1.165) is 48.7 Å². The lowest BCUT2D eigenvalue weighted by Gasteiger charge is -2.21. The van der Waals surface area contributed by atoms with Gasteiger partial charge in [0, 0.05) is 42.3 Å². The second-order valence-corrected chi connectivity index (χ2v) is 7.55. The van der Waals surface area contributed by atoms with Crippen LogP contribution in [-0.4, -0.2) is 33.7 Å². The number of aromatic nitrogens is 3. The van der Waals surface area contributed by atoms with Crippen LogP contribution in [0.1, 0.15) is 50.9 Å². The number of carbonyl (C=O) groups is 1. The van der Waals surface area contributed by atoms with Crippen LogP contribution < -0.4 is 5.32 Å². The number of amides is 1. The highest BCUT2D eigenvalue weighted by Gasteiger charge is 2.21. The van der Waals surface area contributed by atoms with E-state index in [1.54, 1.807) is 6.92 Å². The highest BCUT2D eigenvalue weighted by molar-refractivity contribution is 7.07. The molecule has 1 aromatic carbocycles. The summed E-state index contributed by atoms with van der Waals surface area (Å²) in [6.45, 7) is 6.14. The normalized spacial score (nSPS) is 15.5. The van der Waals surface area contributed by atoms with Gasteiger partial charge in [-0.05, 0) is 61.5 Å². The number of hydrogen-bond acceptors (Lipinski definition) is 5. The topological polar surface area (TPSA) is 79.9 Å². The Morgan fingerprint density at radius 3 is 2.88 bits per heavy atom. The van der Waals surface area contributed by atoms with Crippen LogP contribution in [-0.2, 0) is 11.3 Å². The molecule has 136 valence electrons. The van der Waals surface area contributed by atoms with E-state index >= 15 is 0 Å². The van der Waals surface area contributed by atoms with Crippen LogP contribution in [0.5, 0.6) is 0 Å². The number of carbonyl (C=O) groups excluding carboxylic acids is 1. The number of ether oxygens (including phenoxy) is 1. The third-order valence-electron chi connectivity index (χ3n) is 5.10. The molecule has 0 atom stereocenters. The Hall–Kier alpha value is -2.25. The van der Waals surface area contributed by atoms with Crippen LogP contribution in [0.4, 0.5) is 0 Å². The third-order valence-corrected chi connectivity index (χ3v) is 5.93. The number of hydrogen-bond donors (Lipinski definition) is 2. The van der Waals surface area contributed by atoms with Gasteiger partial charge < -0.3 is 15.0 Å². The largest absolute Gasteiger partial charge is 0.381 e. The van der Waals surface area contributed by atoms with Crippen molar-refractivity contribution < 1.29 is 9.53 Å². The van der Waals surface area contributed by atoms with Crippen LogP contribution in [0.2, 0.25) is 0 Å². The van der Waals surface area contributed by atoms with E-state index < -0.39 is 0 Å². The Labute approximate surface area is 156 Å². The molecule has 0 unspecified atom stereocenters. The fourth-order valence-electron chi connectivity index (χ4n) is 3.60. The van der Waals surface area contributed by atoms with Crippen LogP contribution in [0.15, 0.2) is 18.2 Å². The van der Waals surface area contributed by atoms with E-state index in [1.165, 1.54) is 16.6 Å². The molecule has 0 radical (unpaired) electrons. The molecule has 3 heterocycles. The maximum atomic E-state index is 12.2. The molecule has 0 saturated carbocycles. The standard InChI is InChI=1S/C19H22N4O2S/c1-11-15-9-13(10-20-19(24)18-12(2)22-23-26-18)3-4-16(15)21-17(11)14-5-7-25-8-6-14/h3-4,9,14,21H,5-8,10H2,1-2H3,(H,20,24). The average molecular weight is 370 g/mol. The molecular formula is C19H22N4O2S. The summed E-state index contributed by atoms with van der Waals surface area (Å²) >= 11 is 1.13. The van der Waals surface area contributed by atoms with Crippen molar-refractivity contribution in [3.8, 4) is 0 Å². The first-order chi connectivity index (χ1) is 12.6. The number of rotatable bonds is 4. The number of benzene rings is 1. The fraction of sp³-hybridized carbons (Fsp3) is 0.421. The minimum Gasteiger partial charge on any atom is -0.381 e. The minimum absolute atomic E-state index is 0.119. The summed E-state index contributed by atoms with van der Waals surface area (Å²) in [6.07, 6.45) is 2.14. The first-order valence-corrected chi connectivity index (χ1v) is 9.67. The Morgan fingerprint density at radius 2 is 2.15 bits per heavy atom. The van der Waals surface area contributed by atoms with Gasteiger partial charge in [0.25, 0.3) is 5.91 Å². The van der Waals surface area contributed by atoms with Crippen molar-refractivity contribution in [2.45, 2.75) is 39.2 Å². The third kappa shape index (κ3) is 3.24. The quantitative estimate of drug-likeness (QED) is 0.737. The SMILES string of the molecule is Cc1nnsc1C(=O)NCc1ccc2[nH]c(C3CCOCC3)c(C)c2c1. The van der Waals surface area contributed by atoms with E-state index in [2.05, 4.69) is 45.0 Å². The van der Waals surface area contributed by atoms with Crippen molar-refractivity contribution in [2.24, 2.45) is 0 Å². The zero-order valence-corrected chi connectivity index (χ0v) is 15.8. The molecule has 1 fully saturated rings. The summed E-state index contributed by atoms with van der Waals surface area (Å²) in [5.41, 5.74) is 5.55. The number of nitrogens with one attached hydrogen (secondary N) is 2. The molecule has 6 nitrogen and oxygen atoms in total. The first-order valence-electron chi connectivity index (χ1n) is 8.89. The predicted molar refractivity (Wildman–Crippen MR) is 102 cm³/mol. The second kappa shape index (κ2) is 7.17. The maximum Gasteiger partial charge on any atom is 0.265 e. The van der Waals surface area contributed by atoms with Gasteiger partial charge in [0.1, 0.15) is 4.88 Å². The molecule has 4 rings (SSSR count). The van der Waals surface area contributed by atoms with Crippen molar-refractivity contribution in [3.05, 3.63) is 45.6 Å². The van der Waals surface area contributed by atoms with Crippen molar-refractivity contribution in [1.29, 1.82) is 0 Å². The molecule has 1 saturated heterocycles. The number of aromatic amines is 1. The molecule has 0 bridgehead atoms. The molecule has 3 aromatic rings. The minimum atomic E-state index is -0.119. The molecule has 1 aliphatic heterocycles. The second-order valence-electron chi connectivity index (χ2n) is 6.80. The van der Waals surface area contributed by atoms with Crippen molar-refractivity contribution >= 4 is 28.3 Å². The zero-order chi connectivity index (χ0) is 18.1. The number of aryl methyl sites for hydroxylation is 2. The summed E-state index contributed by atoms with van der Waals surface area (Å²) in [4.78, 5) is 16.4. The van der Waals surface area contributed by atoms with Gasteiger partial charge in [-0.2, -0.15) is 0 Å². The van der Waals surface area contributed by atoms with Gasteiger partial charge in [-0.1, -0.05) is 10.6 Å². The number of H-pyrrole nitrogens is 1. The molecular weight excluding hydrogens is 348 g/mol. The van der Waals surface area contributed by atoms with Crippen LogP contribution in [0.25, 0.3) is 10.9 Å². The van der Waals surface area contributed by atoms with Crippen molar-refractivity contribution in [1.82, 2.24) is 19.9 Å². The van der Waals surface area contributed by atoms with E-state index in [-0.39, 0.29) is 5.91 Å². The lowest BCUT2D eigenvalue weighted by Crippen LogP contribution is -2.22. The van der Waals surface area contributed by atoms with Gasteiger partial charge in [0.15, 0.2) is 0 Å². The lowest BCUT2D eigenvalue weighted by molar-refractivity contribution is 0.0845. The molecule has 1 aliphatic rings. The summed E-state index contributed by atoms with van der Waals surface area (Å²) in [7, 11) is 0. The summed E-state index contributed by atoms with van der Waals surface area (Å²) < 4.78 is 9.30. The predicted octanol–water partition coefficient (Wildman–Crippen LogP) is 3.46. The van der Waals surface area contributed by atoms with E-state index in [9.17, 15) is 4.79 Å². The molecule has 0 aliphatic carbocycles. The van der Waals surface area contributed by atoms with Crippen molar-refractivity contribution in [3.63, 3.8) is 0 Å². The summed E-state index contributed by atoms with van der Waals surface area (Å²) in [5, 5.41) is 8.08. The van der Waals surface area contributed by atoms with Gasteiger partial charge in [0.2, 0.25) is 0 Å². The smallest absolute Gasteiger partial charge is 0.265 e. The van der Waals surface area contributed by atoms with E-state index in [0.29, 0.717) is 23.0 Å². The monoisotopic (exact) mass is 370 g/mol. The van der Waals surface area contributed by atoms with Gasteiger partial charge in [-0.15, -0.1) is 5.10 Å². The molecule has 2 aromatic heterocycles. The molecule has 7 heteroatoms. The van der Waals surface area contributed by atoms with Crippen molar-refractivity contribution in [2.75, 3.05) is 13.2 Å². The Balaban J connectivity index is 1.53. The Morgan fingerprint density at radius 1 is 1.35 bits per heavy atom. The molecule has 26 heavy (non-hydrogen) atoms. The molecule has 2 N–H and O–H groups in total. The molecule has 0 spiro atoms. The van der Waals surface area contributed by atoms with Gasteiger partial charge in [0.05, 0.1) is 5.69 Å². The summed E-state index contributed by atoms with van der Waals surface area (Å²) in [6, 6.07) is 6.33. The van der Waals surface area contributed by atoms with E-state index in [4.69, 9.17) is 4.74 Å². The van der Waals surface area contributed by atoms with Crippen LogP contribution in [0, 0.1) is 13.8 Å². The highest BCUT2D eigenvalue weighted by atomic mass is 32.1. The van der Waals surface area contributed by atoms with E-state index in [1.807, 2.05) is 0 Å². The average Bonchev–Trinajstić information content (AvgIpc) is 3.24. The lowest BCUT2D eigenvalue weighted by atomic mass is 9.93. The van der Waals surface area contributed by atoms with Crippen LogP contribution in [0.3, 0.4) is 0 Å². The fourth-order valence-corrected chi connectivity index (χ4v) is 4.17. The number of fused-ring (bicyclic) bond motifs is 1. The molecule has 1 amide bonds. The van der Waals surface area contributed by atoms with Crippen LogP contribution >= 0.6 is 11.5 Å². The Bertz CT molecular complexity index is 940. The van der Waals surface area contributed by atoms with Gasteiger partial charge >= 0.3 is 0 Å². The summed E-state index contributed by atoms with van der Waals surface area (Å²) in [5.74, 6) is 0.424. The highest BCUT2D eigenvalue weighted by Crippen LogP contribution is 2.33. The van der Waals surface area contributed by atoms with Gasteiger partial charge in [-0.3, -0.25) is 4.79 Å². The van der Waals surface area contributed by atoms with Gasteiger partial charge in [-0.25, -0.2) is 0 Å². The Kier molecular flexibility index (Phi) is 4.74.